The van der Waals surface area contributed by atoms with E-state index >= 15 is 0 Å². The fraction of sp³-hybridized carbons (Fsp3) is 0.407. The number of amidine groups is 1. The Morgan fingerprint density at radius 2 is 1.54 bits per heavy atom. The number of hydrogen-bond donors (Lipinski definition) is 2. The van der Waals surface area contributed by atoms with Crippen LogP contribution in [0.4, 0.5) is 11.4 Å². The van der Waals surface area contributed by atoms with E-state index in [1.165, 1.54) is 23.7 Å². The highest BCUT2D eigenvalue weighted by Gasteiger charge is 2.33. The van der Waals surface area contributed by atoms with E-state index in [2.05, 4.69) is 41.3 Å². The van der Waals surface area contributed by atoms with Gasteiger partial charge in [0.15, 0.2) is 5.17 Å². The Labute approximate surface area is 210 Å². The standard InChI is InChI=1S/C27H32N4O3S/c1-27(2,3)19-9-13-21(14-10-19)29-24(33)18-7-11-20(12-8-18)28-23(32)17-22-25(34)30-26(35-22)31-15-5-4-6-16-31/h7-14,22H,4-6,15-17H2,1-3H3,(H,28,32)(H,29,33)/t22-/m1/s1. The lowest BCUT2D eigenvalue weighted by Crippen LogP contribution is -2.33. The molecule has 35 heavy (non-hydrogen) atoms. The molecule has 184 valence electrons. The summed E-state index contributed by atoms with van der Waals surface area (Å²) in [5.41, 5.74) is 3.04. The lowest BCUT2D eigenvalue weighted by molar-refractivity contribution is -0.121. The Bertz CT molecular complexity index is 1110. The van der Waals surface area contributed by atoms with Gasteiger partial charge in [-0.05, 0) is 66.6 Å². The van der Waals surface area contributed by atoms with Crippen molar-refractivity contribution in [1.82, 2.24) is 4.90 Å². The maximum absolute atomic E-state index is 12.6. The lowest BCUT2D eigenvalue weighted by atomic mass is 9.87. The van der Waals surface area contributed by atoms with Crippen molar-refractivity contribution in [3.63, 3.8) is 0 Å². The number of benzene rings is 2. The first kappa shape index (κ1) is 25.0. The van der Waals surface area contributed by atoms with Crippen LogP contribution in [0.5, 0.6) is 0 Å². The summed E-state index contributed by atoms with van der Waals surface area (Å²) < 4.78 is 0. The zero-order valence-corrected chi connectivity index (χ0v) is 21.3. The van der Waals surface area contributed by atoms with E-state index in [4.69, 9.17) is 0 Å². The van der Waals surface area contributed by atoms with Gasteiger partial charge in [0, 0.05) is 36.4 Å². The quantitative estimate of drug-likeness (QED) is 0.610. The fourth-order valence-electron chi connectivity index (χ4n) is 4.07. The van der Waals surface area contributed by atoms with Crippen molar-refractivity contribution in [1.29, 1.82) is 0 Å². The fourth-order valence-corrected chi connectivity index (χ4v) is 5.19. The van der Waals surface area contributed by atoms with Crippen LogP contribution in [0, 0.1) is 0 Å². The van der Waals surface area contributed by atoms with Gasteiger partial charge >= 0.3 is 0 Å². The molecule has 2 heterocycles. The van der Waals surface area contributed by atoms with Crippen LogP contribution in [0.2, 0.25) is 0 Å². The third-order valence-electron chi connectivity index (χ3n) is 6.17. The van der Waals surface area contributed by atoms with Gasteiger partial charge in [0.1, 0.15) is 5.25 Å². The van der Waals surface area contributed by atoms with Crippen molar-refractivity contribution in [2.24, 2.45) is 4.99 Å². The Kier molecular flexibility index (Phi) is 7.60. The number of amides is 3. The van der Waals surface area contributed by atoms with Crippen LogP contribution in [0.25, 0.3) is 0 Å². The smallest absolute Gasteiger partial charge is 0.262 e. The molecule has 0 unspecified atom stereocenters. The molecule has 1 fully saturated rings. The maximum Gasteiger partial charge on any atom is 0.262 e. The van der Waals surface area contributed by atoms with E-state index in [-0.39, 0.29) is 29.6 Å². The monoisotopic (exact) mass is 492 g/mol. The molecule has 1 saturated heterocycles. The largest absolute Gasteiger partial charge is 0.351 e. The molecule has 8 heteroatoms. The van der Waals surface area contributed by atoms with Gasteiger partial charge in [0.25, 0.3) is 11.8 Å². The number of hydrogen-bond acceptors (Lipinski definition) is 5. The van der Waals surface area contributed by atoms with Crippen molar-refractivity contribution in [2.45, 2.75) is 57.1 Å². The van der Waals surface area contributed by atoms with Crippen LogP contribution in [0.1, 0.15) is 62.4 Å². The van der Waals surface area contributed by atoms with Crippen molar-refractivity contribution in [3.8, 4) is 0 Å². The van der Waals surface area contributed by atoms with Gasteiger partial charge in [0.2, 0.25) is 5.91 Å². The number of rotatable bonds is 5. The summed E-state index contributed by atoms with van der Waals surface area (Å²) in [7, 11) is 0. The van der Waals surface area contributed by atoms with Gasteiger partial charge in [-0.1, -0.05) is 44.7 Å². The second-order valence-electron chi connectivity index (χ2n) is 10.00. The number of piperidine rings is 1. The number of anilines is 2. The Hall–Kier alpha value is -3.13. The van der Waals surface area contributed by atoms with Gasteiger partial charge in [-0.2, -0.15) is 4.99 Å². The maximum atomic E-state index is 12.6. The molecule has 0 radical (unpaired) electrons. The third-order valence-corrected chi connectivity index (χ3v) is 7.38. The average molecular weight is 493 g/mol. The zero-order chi connectivity index (χ0) is 25.0. The highest BCUT2D eigenvalue weighted by molar-refractivity contribution is 8.15. The molecule has 4 rings (SSSR count). The average Bonchev–Trinajstić information content (AvgIpc) is 3.19. The van der Waals surface area contributed by atoms with Gasteiger partial charge in [-0.15, -0.1) is 0 Å². The number of nitrogens with zero attached hydrogens (tertiary/aromatic N) is 2. The SMILES string of the molecule is CC(C)(C)c1ccc(NC(=O)c2ccc(NC(=O)C[C@H]3SC(N4CCCCC4)=NC3=O)cc2)cc1. The van der Waals surface area contributed by atoms with E-state index in [1.807, 2.05) is 24.3 Å². The molecule has 7 nitrogen and oxygen atoms in total. The van der Waals surface area contributed by atoms with E-state index in [9.17, 15) is 14.4 Å². The van der Waals surface area contributed by atoms with Crippen molar-refractivity contribution in [2.75, 3.05) is 23.7 Å². The van der Waals surface area contributed by atoms with Crippen LogP contribution in [-0.2, 0) is 15.0 Å². The molecule has 2 aliphatic heterocycles. The van der Waals surface area contributed by atoms with E-state index in [0.29, 0.717) is 11.3 Å². The molecule has 0 aliphatic carbocycles. The molecule has 0 spiro atoms. The normalized spacial score (nSPS) is 18.3. The van der Waals surface area contributed by atoms with Gasteiger partial charge in [-0.25, -0.2) is 0 Å². The number of carbonyl (C=O) groups excluding carboxylic acids is 3. The summed E-state index contributed by atoms with van der Waals surface area (Å²) in [6, 6.07) is 14.5. The minimum absolute atomic E-state index is 0.0508. The summed E-state index contributed by atoms with van der Waals surface area (Å²) in [5, 5.41) is 5.98. The molecule has 2 aliphatic rings. The molecule has 0 bridgehead atoms. The van der Waals surface area contributed by atoms with Crippen molar-refractivity contribution >= 4 is 46.0 Å². The molecular formula is C27H32N4O3S. The summed E-state index contributed by atoms with van der Waals surface area (Å²) in [6.45, 7) is 8.27. The molecular weight excluding hydrogens is 460 g/mol. The first-order chi connectivity index (χ1) is 16.7. The topological polar surface area (TPSA) is 90.9 Å². The van der Waals surface area contributed by atoms with Gasteiger partial charge in [0.05, 0.1) is 0 Å². The van der Waals surface area contributed by atoms with Crippen LogP contribution >= 0.6 is 11.8 Å². The Balaban J connectivity index is 1.27. The number of aliphatic imine (C=N–C) groups is 1. The minimum atomic E-state index is -0.485. The van der Waals surface area contributed by atoms with E-state index in [0.717, 1.165) is 36.8 Å². The highest BCUT2D eigenvalue weighted by atomic mass is 32.2. The highest BCUT2D eigenvalue weighted by Crippen LogP contribution is 2.29. The molecule has 0 aromatic heterocycles. The summed E-state index contributed by atoms with van der Waals surface area (Å²) >= 11 is 1.39. The number of carbonyl (C=O) groups is 3. The zero-order valence-electron chi connectivity index (χ0n) is 20.5. The van der Waals surface area contributed by atoms with Crippen LogP contribution in [0.15, 0.2) is 53.5 Å². The van der Waals surface area contributed by atoms with Gasteiger partial charge in [-0.3, -0.25) is 14.4 Å². The minimum Gasteiger partial charge on any atom is -0.351 e. The van der Waals surface area contributed by atoms with Crippen LogP contribution < -0.4 is 10.6 Å². The van der Waals surface area contributed by atoms with Crippen LogP contribution in [0.3, 0.4) is 0 Å². The predicted molar refractivity (Wildman–Crippen MR) is 142 cm³/mol. The predicted octanol–water partition coefficient (Wildman–Crippen LogP) is 5.05. The second-order valence-corrected chi connectivity index (χ2v) is 11.2. The third kappa shape index (κ3) is 6.51. The first-order valence-electron chi connectivity index (χ1n) is 12.0. The van der Waals surface area contributed by atoms with Gasteiger partial charge < -0.3 is 15.5 Å². The number of thioether (sulfide) groups is 1. The van der Waals surface area contributed by atoms with E-state index < -0.39 is 5.25 Å². The Morgan fingerprint density at radius 1 is 0.943 bits per heavy atom. The summed E-state index contributed by atoms with van der Waals surface area (Å²) in [6.07, 6.45) is 3.49. The molecule has 2 aromatic carbocycles. The Morgan fingerprint density at radius 3 is 2.17 bits per heavy atom. The number of nitrogens with one attached hydrogen (secondary N) is 2. The molecule has 2 N–H and O–H groups in total. The molecule has 0 saturated carbocycles. The molecule has 1 atom stereocenters. The van der Waals surface area contributed by atoms with Crippen molar-refractivity contribution < 1.29 is 14.4 Å². The summed E-state index contributed by atoms with van der Waals surface area (Å²) in [4.78, 5) is 43.8. The second kappa shape index (κ2) is 10.6. The first-order valence-corrected chi connectivity index (χ1v) is 12.9. The van der Waals surface area contributed by atoms with Crippen LogP contribution in [-0.4, -0.2) is 46.1 Å². The summed E-state index contributed by atoms with van der Waals surface area (Å²) in [5.74, 6) is -0.711. The molecule has 3 amide bonds. The molecule has 2 aromatic rings. The van der Waals surface area contributed by atoms with E-state index in [1.54, 1.807) is 24.3 Å². The number of likely N-dealkylation sites (tertiary alicyclic amines) is 1. The lowest BCUT2D eigenvalue weighted by Gasteiger charge is -2.27. The van der Waals surface area contributed by atoms with Crippen molar-refractivity contribution in [3.05, 3.63) is 59.7 Å².